The molecule has 0 unspecified atom stereocenters. The van der Waals surface area contributed by atoms with Crippen LogP contribution in [0.1, 0.15) is 85.5 Å². The number of carbonyl (C=O) groups is 5. The van der Waals surface area contributed by atoms with Gasteiger partial charge in [-0.25, -0.2) is 4.79 Å². The number of carboxylic acids is 1. The average Bonchev–Trinajstić information content (AvgIpc) is 2.89. The van der Waals surface area contributed by atoms with Gasteiger partial charge >= 0.3 is 12.1 Å². The van der Waals surface area contributed by atoms with Crippen molar-refractivity contribution >= 4 is 35.6 Å². The summed E-state index contributed by atoms with van der Waals surface area (Å²) in [5.41, 5.74) is 10.6. The highest BCUT2D eigenvalue weighted by Crippen LogP contribution is 2.18. The van der Waals surface area contributed by atoms with Crippen LogP contribution in [0.25, 0.3) is 0 Å². The summed E-state index contributed by atoms with van der Waals surface area (Å²) in [6.07, 6.45) is 0.154. The predicted octanol–water partition coefficient (Wildman–Crippen LogP) is 0.414. The predicted molar refractivity (Wildman–Crippen MR) is 156 cm³/mol. The number of guanidine groups is 1. The maximum Gasteiger partial charge on any atom is 0.490 e. The largest absolute Gasteiger partial charge is 0.490 e. The molecule has 1 aliphatic rings. The topological polar surface area (TPSA) is 238 Å². The van der Waals surface area contributed by atoms with Gasteiger partial charge in [0.15, 0.2) is 5.96 Å². The van der Waals surface area contributed by atoms with Gasteiger partial charge in [-0.15, -0.1) is 0 Å². The van der Waals surface area contributed by atoms with E-state index in [0.29, 0.717) is 19.4 Å². The lowest BCUT2D eigenvalue weighted by atomic mass is 9.94. The molecule has 0 bridgehead atoms. The first kappa shape index (κ1) is 40.4. The minimum absolute atomic E-state index is 0.0598. The van der Waals surface area contributed by atoms with Gasteiger partial charge in [-0.2, -0.15) is 13.2 Å². The molecule has 17 heteroatoms. The summed E-state index contributed by atoms with van der Waals surface area (Å²) in [5.74, 6) is -4.29. The van der Waals surface area contributed by atoms with Crippen molar-refractivity contribution in [3.05, 3.63) is 0 Å². The van der Waals surface area contributed by atoms with Gasteiger partial charge in [0.25, 0.3) is 0 Å². The molecule has 254 valence electrons. The number of aliphatic hydroxyl groups is 1. The summed E-state index contributed by atoms with van der Waals surface area (Å²) in [6.45, 7) is 7.03. The summed E-state index contributed by atoms with van der Waals surface area (Å²) in [5, 5.41) is 28.9. The number of nitrogens with zero attached hydrogens (tertiary/aromatic N) is 1. The molecule has 0 heterocycles. The minimum Gasteiger partial charge on any atom is -0.475 e. The Morgan fingerprint density at radius 1 is 0.955 bits per heavy atom. The SMILES string of the molecule is CC(=O)N[C@@H](CCCN=C(N)N)C(=O)N[C@@H](C)C(=O)N[C@@H](CC(C)C)[C@@H](O)CC(=O)NC1CCCCC1.O=C(O)C(F)(F)F. The van der Waals surface area contributed by atoms with Crippen molar-refractivity contribution in [2.45, 2.75) is 122 Å². The quantitative estimate of drug-likeness (QED) is 0.0702. The highest BCUT2D eigenvalue weighted by Gasteiger charge is 2.38. The number of aliphatic imine (C=N–C) groups is 1. The Labute approximate surface area is 255 Å². The molecule has 0 spiro atoms. The smallest absolute Gasteiger partial charge is 0.475 e. The standard InChI is InChI=1S/C25H47N7O5.C2HF3O2/c1-15(2)13-20(21(34)14-22(35)31-18-9-6-5-7-10-18)32-23(36)16(3)29-24(37)19(30-17(4)33)11-8-12-28-25(26)27;3-2(4,5)1(6)7/h15-16,18-21,34H,5-14H2,1-4H3,(H,29,37)(H,30,33)(H,31,35)(H,32,36)(H4,26,27,28);(H,6,7)/t16-,19-,20-,21-;/m0./s1. The van der Waals surface area contributed by atoms with Gasteiger partial charge in [0.2, 0.25) is 23.6 Å². The molecular formula is C27H48F3N7O7. The molecule has 4 atom stereocenters. The molecule has 0 radical (unpaired) electrons. The van der Waals surface area contributed by atoms with E-state index in [1.165, 1.54) is 20.3 Å². The number of nitrogens with one attached hydrogen (secondary N) is 4. The van der Waals surface area contributed by atoms with E-state index >= 15 is 0 Å². The molecule has 0 aromatic heterocycles. The molecule has 0 aliphatic heterocycles. The molecule has 10 N–H and O–H groups in total. The van der Waals surface area contributed by atoms with Crippen LogP contribution in [0.4, 0.5) is 13.2 Å². The first-order valence-electron chi connectivity index (χ1n) is 14.5. The number of hydrogen-bond donors (Lipinski definition) is 8. The van der Waals surface area contributed by atoms with E-state index in [4.69, 9.17) is 21.4 Å². The molecule has 4 amide bonds. The summed E-state index contributed by atoms with van der Waals surface area (Å²) < 4.78 is 31.7. The van der Waals surface area contributed by atoms with Crippen LogP contribution in [-0.4, -0.2) is 88.8 Å². The summed E-state index contributed by atoms with van der Waals surface area (Å²) >= 11 is 0. The molecule has 1 aliphatic carbocycles. The van der Waals surface area contributed by atoms with Crippen molar-refractivity contribution in [3.8, 4) is 0 Å². The van der Waals surface area contributed by atoms with E-state index in [1.54, 1.807) is 0 Å². The highest BCUT2D eigenvalue weighted by atomic mass is 19.4. The number of hydrogen-bond acceptors (Lipinski definition) is 7. The number of carboxylic acid groups (broad SMARTS) is 1. The zero-order valence-electron chi connectivity index (χ0n) is 25.7. The molecule has 0 aromatic rings. The number of halogens is 3. The van der Waals surface area contributed by atoms with Crippen LogP contribution in [0, 0.1) is 5.92 Å². The Hall–Kier alpha value is -3.63. The lowest BCUT2D eigenvalue weighted by Crippen LogP contribution is -2.55. The van der Waals surface area contributed by atoms with E-state index in [-0.39, 0.29) is 42.6 Å². The average molecular weight is 640 g/mol. The monoisotopic (exact) mass is 639 g/mol. The number of carbonyl (C=O) groups excluding carboxylic acids is 4. The van der Waals surface area contributed by atoms with Gasteiger partial charge in [0, 0.05) is 19.5 Å². The molecule has 0 aromatic carbocycles. The van der Waals surface area contributed by atoms with Crippen LogP contribution >= 0.6 is 0 Å². The van der Waals surface area contributed by atoms with Crippen LogP contribution in [0.3, 0.4) is 0 Å². The molecule has 1 saturated carbocycles. The maximum absolute atomic E-state index is 12.9. The highest BCUT2D eigenvalue weighted by molar-refractivity contribution is 5.91. The van der Waals surface area contributed by atoms with Gasteiger partial charge < -0.3 is 42.9 Å². The van der Waals surface area contributed by atoms with Crippen molar-refractivity contribution in [2.75, 3.05) is 6.54 Å². The van der Waals surface area contributed by atoms with Crippen LogP contribution in [0.2, 0.25) is 0 Å². The lowest BCUT2D eigenvalue weighted by molar-refractivity contribution is -0.192. The van der Waals surface area contributed by atoms with E-state index in [0.717, 1.165) is 25.7 Å². The zero-order valence-corrected chi connectivity index (χ0v) is 25.7. The van der Waals surface area contributed by atoms with Gasteiger partial charge in [-0.3, -0.25) is 24.2 Å². The lowest BCUT2D eigenvalue weighted by Gasteiger charge is -2.28. The summed E-state index contributed by atoms with van der Waals surface area (Å²) in [7, 11) is 0. The van der Waals surface area contributed by atoms with Crippen LogP contribution in [-0.2, 0) is 24.0 Å². The third-order valence-corrected chi connectivity index (χ3v) is 6.52. The second-order valence-corrected chi connectivity index (χ2v) is 11.2. The van der Waals surface area contributed by atoms with Crippen LogP contribution in [0.15, 0.2) is 4.99 Å². The van der Waals surface area contributed by atoms with Crippen molar-refractivity contribution in [2.24, 2.45) is 22.4 Å². The molecule has 1 fully saturated rings. The van der Waals surface area contributed by atoms with Crippen LogP contribution < -0.4 is 32.7 Å². The zero-order chi connectivity index (χ0) is 34.0. The number of aliphatic hydroxyl groups excluding tert-OH is 1. The summed E-state index contributed by atoms with van der Waals surface area (Å²) in [4.78, 5) is 62.5. The molecule has 14 nitrogen and oxygen atoms in total. The summed E-state index contributed by atoms with van der Waals surface area (Å²) in [6, 6.07) is -2.31. The Kier molecular flexibility index (Phi) is 18.7. The number of amides is 4. The molecular weight excluding hydrogens is 591 g/mol. The van der Waals surface area contributed by atoms with Gasteiger partial charge in [0.05, 0.1) is 18.6 Å². The van der Waals surface area contributed by atoms with Gasteiger partial charge in [-0.1, -0.05) is 33.1 Å². The third-order valence-electron chi connectivity index (χ3n) is 6.52. The number of nitrogens with two attached hydrogens (primary N) is 2. The number of aliphatic carboxylic acids is 1. The van der Waals surface area contributed by atoms with Crippen molar-refractivity contribution in [3.63, 3.8) is 0 Å². The molecule has 0 saturated heterocycles. The third kappa shape index (κ3) is 18.8. The first-order chi connectivity index (χ1) is 20.3. The van der Waals surface area contributed by atoms with E-state index in [1.807, 2.05) is 13.8 Å². The Morgan fingerprint density at radius 3 is 2.00 bits per heavy atom. The Balaban J connectivity index is 0.00000234. The first-order valence-corrected chi connectivity index (χ1v) is 14.5. The Bertz CT molecular complexity index is 970. The second kappa shape index (κ2) is 20.3. The number of rotatable bonds is 15. The fraction of sp³-hybridized carbons (Fsp3) is 0.778. The fourth-order valence-electron chi connectivity index (χ4n) is 4.39. The van der Waals surface area contributed by atoms with E-state index in [9.17, 15) is 37.5 Å². The molecule has 1 rings (SSSR count). The van der Waals surface area contributed by atoms with Crippen molar-refractivity contribution in [1.82, 2.24) is 21.3 Å². The normalized spacial score (nSPS) is 16.2. The fourth-order valence-corrected chi connectivity index (χ4v) is 4.39. The van der Waals surface area contributed by atoms with Crippen LogP contribution in [0.5, 0.6) is 0 Å². The van der Waals surface area contributed by atoms with Gasteiger partial charge in [-0.05, 0) is 44.9 Å². The van der Waals surface area contributed by atoms with Gasteiger partial charge in [0.1, 0.15) is 12.1 Å². The van der Waals surface area contributed by atoms with Crippen molar-refractivity contribution < 1.29 is 47.4 Å². The maximum atomic E-state index is 12.9. The molecule has 44 heavy (non-hydrogen) atoms. The minimum atomic E-state index is -5.08. The second-order valence-electron chi connectivity index (χ2n) is 11.2. The van der Waals surface area contributed by atoms with E-state index in [2.05, 4.69) is 26.3 Å². The number of alkyl halides is 3. The van der Waals surface area contributed by atoms with Crippen molar-refractivity contribution in [1.29, 1.82) is 0 Å². The van der Waals surface area contributed by atoms with E-state index < -0.39 is 48.2 Å². The Morgan fingerprint density at radius 2 is 1.52 bits per heavy atom.